The molecule has 18 heavy (non-hydrogen) atoms. The Kier molecular flexibility index (Phi) is 4.67. The second kappa shape index (κ2) is 5.88. The third-order valence-electron chi connectivity index (χ3n) is 4.16. The molecular weight excluding hydrogens is 250 g/mol. The molecule has 0 aromatic rings. The highest BCUT2D eigenvalue weighted by molar-refractivity contribution is 7.92. The minimum absolute atomic E-state index is 0.155. The number of nitrogens with one attached hydrogen (secondary N) is 1. The molecule has 0 amide bonds. The van der Waals surface area contributed by atoms with E-state index in [4.69, 9.17) is 4.74 Å². The molecule has 4 nitrogen and oxygen atoms in total. The van der Waals surface area contributed by atoms with E-state index >= 15 is 0 Å². The molecule has 0 aliphatic carbocycles. The van der Waals surface area contributed by atoms with Gasteiger partial charge in [-0.1, -0.05) is 13.8 Å². The fourth-order valence-electron chi connectivity index (χ4n) is 2.86. The van der Waals surface area contributed by atoms with Crippen molar-refractivity contribution in [2.45, 2.75) is 56.9 Å². The first-order valence-electron chi connectivity index (χ1n) is 7.05. The quantitative estimate of drug-likeness (QED) is 0.841. The first-order chi connectivity index (χ1) is 8.49. The van der Waals surface area contributed by atoms with Crippen molar-refractivity contribution in [2.24, 2.45) is 5.92 Å². The van der Waals surface area contributed by atoms with Gasteiger partial charge in [0.25, 0.3) is 0 Å². The molecule has 2 saturated heterocycles. The molecule has 2 rings (SSSR count). The fourth-order valence-corrected chi connectivity index (χ4v) is 4.64. The average Bonchev–Trinajstić information content (AvgIpc) is 2.66. The molecule has 5 heteroatoms. The van der Waals surface area contributed by atoms with E-state index < -0.39 is 9.84 Å². The van der Waals surface area contributed by atoms with Crippen LogP contribution in [0.5, 0.6) is 0 Å². The van der Waals surface area contributed by atoms with Crippen molar-refractivity contribution < 1.29 is 13.2 Å². The SMILES string of the molecule is CC(C)C1CC(NCC2CCCS2(=O)=O)CCO1. The van der Waals surface area contributed by atoms with Crippen LogP contribution in [0.25, 0.3) is 0 Å². The van der Waals surface area contributed by atoms with Gasteiger partial charge in [0.05, 0.1) is 17.1 Å². The molecule has 0 radical (unpaired) electrons. The van der Waals surface area contributed by atoms with Crippen molar-refractivity contribution in [3.8, 4) is 0 Å². The first kappa shape index (κ1) is 14.3. The molecule has 0 aromatic carbocycles. The Morgan fingerprint density at radius 1 is 1.33 bits per heavy atom. The van der Waals surface area contributed by atoms with Gasteiger partial charge in [0.15, 0.2) is 9.84 Å². The number of ether oxygens (including phenoxy) is 1. The number of hydrogen-bond acceptors (Lipinski definition) is 4. The van der Waals surface area contributed by atoms with E-state index in [1.807, 2.05) is 0 Å². The van der Waals surface area contributed by atoms with Gasteiger partial charge >= 0.3 is 0 Å². The largest absolute Gasteiger partial charge is 0.378 e. The van der Waals surface area contributed by atoms with Gasteiger partial charge < -0.3 is 10.1 Å². The summed E-state index contributed by atoms with van der Waals surface area (Å²) in [7, 11) is -2.81. The van der Waals surface area contributed by atoms with Crippen LogP contribution >= 0.6 is 0 Å². The zero-order chi connectivity index (χ0) is 13.2. The summed E-state index contributed by atoms with van der Waals surface area (Å²) in [6, 6.07) is 0.418. The average molecular weight is 275 g/mol. The van der Waals surface area contributed by atoms with Crippen LogP contribution < -0.4 is 5.32 Å². The molecule has 1 N–H and O–H groups in total. The zero-order valence-electron chi connectivity index (χ0n) is 11.4. The van der Waals surface area contributed by atoms with Gasteiger partial charge in [0, 0.05) is 19.2 Å². The summed E-state index contributed by atoms with van der Waals surface area (Å²) in [6.45, 7) is 5.76. The van der Waals surface area contributed by atoms with Crippen LogP contribution in [0.1, 0.15) is 39.5 Å². The lowest BCUT2D eigenvalue weighted by Gasteiger charge is -2.33. The third kappa shape index (κ3) is 3.45. The maximum atomic E-state index is 11.7. The van der Waals surface area contributed by atoms with Crippen LogP contribution in [-0.2, 0) is 14.6 Å². The van der Waals surface area contributed by atoms with E-state index in [1.54, 1.807) is 0 Å². The molecule has 0 aromatic heterocycles. The Hall–Kier alpha value is -0.130. The Bertz CT molecular complexity index is 366. The molecule has 2 heterocycles. The van der Waals surface area contributed by atoms with Crippen molar-refractivity contribution >= 4 is 9.84 Å². The van der Waals surface area contributed by atoms with Crippen LogP contribution in [0, 0.1) is 5.92 Å². The highest BCUT2D eigenvalue weighted by Crippen LogP contribution is 2.22. The fraction of sp³-hybridized carbons (Fsp3) is 1.00. The zero-order valence-corrected chi connectivity index (χ0v) is 12.2. The van der Waals surface area contributed by atoms with Gasteiger partial charge in [0.1, 0.15) is 0 Å². The monoisotopic (exact) mass is 275 g/mol. The Morgan fingerprint density at radius 2 is 2.11 bits per heavy atom. The maximum absolute atomic E-state index is 11.7. The van der Waals surface area contributed by atoms with Crippen molar-refractivity contribution in [3.63, 3.8) is 0 Å². The number of hydrogen-bond donors (Lipinski definition) is 1. The van der Waals surface area contributed by atoms with Crippen molar-refractivity contribution in [2.75, 3.05) is 18.9 Å². The van der Waals surface area contributed by atoms with Crippen LogP contribution in [0.3, 0.4) is 0 Å². The van der Waals surface area contributed by atoms with E-state index in [0.717, 1.165) is 32.3 Å². The lowest BCUT2D eigenvalue weighted by atomic mass is 9.95. The van der Waals surface area contributed by atoms with Crippen LogP contribution in [-0.4, -0.2) is 44.7 Å². The molecule has 0 saturated carbocycles. The summed E-state index contributed by atoms with van der Waals surface area (Å²) < 4.78 is 29.2. The maximum Gasteiger partial charge on any atom is 0.154 e. The standard InChI is InChI=1S/C13H25NO3S/c1-10(2)13-8-11(5-6-17-13)14-9-12-4-3-7-18(12,15)16/h10-14H,3-9H2,1-2H3. The van der Waals surface area contributed by atoms with Crippen molar-refractivity contribution in [3.05, 3.63) is 0 Å². The van der Waals surface area contributed by atoms with E-state index in [1.165, 1.54) is 0 Å². The molecule has 3 unspecified atom stereocenters. The van der Waals surface area contributed by atoms with Crippen LogP contribution in [0.2, 0.25) is 0 Å². The molecule has 2 aliphatic heterocycles. The predicted molar refractivity (Wildman–Crippen MR) is 72.4 cm³/mol. The minimum atomic E-state index is -2.81. The molecule has 0 bridgehead atoms. The smallest absolute Gasteiger partial charge is 0.154 e. The second-order valence-corrected chi connectivity index (χ2v) is 8.31. The minimum Gasteiger partial charge on any atom is -0.378 e. The topological polar surface area (TPSA) is 55.4 Å². The van der Waals surface area contributed by atoms with E-state index in [-0.39, 0.29) is 5.25 Å². The lowest BCUT2D eigenvalue weighted by Crippen LogP contribution is -2.44. The van der Waals surface area contributed by atoms with Crippen molar-refractivity contribution in [1.29, 1.82) is 0 Å². The first-order valence-corrected chi connectivity index (χ1v) is 8.77. The lowest BCUT2D eigenvalue weighted by molar-refractivity contribution is -0.0242. The van der Waals surface area contributed by atoms with E-state index in [2.05, 4.69) is 19.2 Å². The van der Waals surface area contributed by atoms with E-state index in [9.17, 15) is 8.42 Å². The van der Waals surface area contributed by atoms with Gasteiger partial charge in [-0.05, 0) is 31.6 Å². The molecule has 2 fully saturated rings. The normalized spacial score (nSPS) is 36.1. The highest BCUT2D eigenvalue weighted by atomic mass is 32.2. The molecule has 2 aliphatic rings. The summed E-state index contributed by atoms with van der Waals surface area (Å²) >= 11 is 0. The Morgan fingerprint density at radius 3 is 2.72 bits per heavy atom. The van der Waals surface area contributed by atoms with Crippen LogP contribution in [0.4, 0.5) is 0 Å². The number of rotatable bonds is 4. The van der Waals surface area contributed by atoms with E-state index in [0.29, 0.717) is 30.4 Å². The van der Waals surface area contributed by atoms with Gasteiger partial charge in [-0.25, -0.2) is 8.42 Å². The van der Waals surface area contributed by atoms with Gasteiger partial charge in [0.2, 0.25) is 0 Å². The Labute approximate surface area is 110 Å². The summed E-state index contributed by atoms with van der Waals surface area (Å²) in [5.41, 5.74) is 0. The molecule has 0 spiro atoms. The van der Waals surface area contributed by atoms with Gasteiger partial charge in [-0.15, -0.1) is 0 Å². The third-order valence-corrected chi connectivity index (χ3v) is 6.43. The number of sulfone groups is 1. The van der Waals surface area contributed by atoms with Crippen molar-refractivity contribution in [1.82, 2.24) is 5.32 Å². The van der Waals surface area contributed by atoms with Crippen LogP contribution in [0.15, 0.2) is 0 Å². The molecular formula is C13H25NO3S. The second-order valence-electron chi connectivity index (χ2n) is 5.91. The summed E-state index contributed by atoms with van der Waals surface area (Å²) in [5, 5.41) is 3.29. The molecule has 106 valence electrons. The highest BCUT2D eigenvalue weighted by Gasteiger charge is 2.32. The predicted octanol–water partition coefficient (Wildman–Crippen LogP) is 1.36. The Balaban J connectivity index is 1.80. The van der Waals surface area contributed by atoms with Gasteiger partial charge in [-0.3, -0.25) is 0 Å². The van der Waals surface area contributed by atoms with Gasteiger partial charge in [-0.2, -0.15) is 0 Å². The summed E-state index contributed by atoms with van der Waals surface area (Å²) in [4.78, 5) is 0. The molecule has 3 atom stereocenters. The summed E-state index contributed by atoms with van der Waals surface area (Å²) in [6.07, 6.45) is 3.97. The summed E-state index contributed by atoms with van der Waals surface area (Å²) in [5.74, 6) is 0.909.